The summed E-state index contributed by atoms with van der Waals surface area (Å²) < 4.78 is 0. The Labute approximate surface area is 88.9 Å². The molecule has 0 radical (unpaired) electrons. The molecule has 4 atom stereocenters. The summed E-state index contributed by atoms with van der Waals surface area (Å²) in [5, 5.41) is 10.7. The Bertz CT molecular complexity index is 178. The van der Waals surface area contributed by atoms with Gasteiger partial charge in [-0.3, -0.25) is 0 Å². The summed E-state index contributed by atoms with van der Waals surface area (Å²) in [5.41, 5.74) is -0.381. The molecule has 0 amide bonds. The average molecular weight is 198 g/mol. The van der Waals surface area contributed by atoms with Crippen LogP contribution < -0.4 is 0 Å². The van der Waals surface area contributed by atoms with Crippen molar-refractivity contribution >= 4 is 0 Å². The van der Waals surface area contributed by atoms with Crippen LogP contribution in [0.3, 0.4) is 0 Å². The van der Waals surface area contributed by atoms with Crippen LogP contribution in [0.25, 0.3) is 0 Å². The van der Waals surface area contributed by atoms with Gasteiger partial charge in [-0.1, -0.05) is 47.0 Å². The van der Waals surface area contributed by atoms with Gasteiger partial charge in [-0.2, -0.15) is 0 Å². The molecule has 1 saturated carbocycles. The lowest BCUT2D eigenvalue weighted by Gasteiger charge is -2.45. The highest BCUT2D eigenvalue weighted by molar-refractivity contribution is 4.93. The van der Waals surface area contributed by atoms with Crippen LogP contribution in [0.4, 0.5) is 0 Å². The van der Waals surface area contributed by atoms with Crippen molar-refractivity contribution in [3.63, 3.8) is 0 Å². The average Bonchev–Trinajstić information content (AvgIpc) is 2.20. The molecule has 1 heteroatoms. The highest BCUT2D eigenvalue weighted by atomic mass is 16.3. The van der Waals surface area contributed by atoms with E-state index in [0.717, 1.165) is 6.42 Å². The molecule has 14 heavy (non-hydrogen) atoms. The van der Waals surface area contributed by atoms with Crippen molar-refractivity contribution in [2.24, 2.45) is 17.8 Å². The van der Waals surface area contributed by atoms with Crippen LogP contribution in [0, 0.1) is 17.8 Å². The Balaban J connectivity index is 2.70. The second-order valence-electron chi connectivity index (χ2n) is 5.31. The van der Waals surface area contributed by atoms with E-state index in [2.05, 4.69) is 27.7 Å². The topological polar surface area (TPSA) is 20.2 Å². The van der Waals surface area contributed by atoms with E-state index in [0.29, 0.717) is 17.8 Å². The van der Waals surface area contributed by atoms with Gasteiger partial charge in [0.25, 0.3) is 0 Å². The normalized spacial score (nSPS) is 37.9. The summed E-state index contributed by atoms with van der Waals surface area (Å²) in [7, 11) is 0. The van der Waals surface area contributed by atoms with Gasteiger partial charge in [0.15, 0.2) is 0 Å². The van der Waals surface area contributed by atoms with Crippen molar-refractivity contribution in [3.8, 4) is 0 Å². The fraction of sp³-hybridized carbons (Fsp3) is 1.00. The van der Waals surface area contributed by atoms with Gasteiger partial charge < -0.3 is 5.11 Å². The van der Waals surface area contributed by atoms with Crippen molar-refractivity contribution in [2.75, 3.05) is 0 Å². The number of rotatable bonds is 3. The molecule has 0 aliphatic heterocycles. The van der Waals surface area contributed by atoms with Gasteiger partial charge >= 0.3 is 0 Å². The largest absolute Gasteiger partial charge is 0.389 e. The highest BCUT2D eigenvalue weighted by Crippen LogP contribution is 2.42. The minimum absolute atomic E-state index is 0.381. The summed E-state index contributed by atoms with van der Waals surface area (Å²) >= 11 is 0. The molecule has 0 heterocycles. The summed E-state index contributed by atoms with van der Waals surface area (Å²) in [4.78, 5) is 0. The van der Waals surface area contributed by atoms with Crippen molar-refractivity contribution in [1.29, 1.82) is 0 Å². The number of aliphatic hydroxyl groups is 1. The number of hydrogen-bond donors (Lipinski definition) is 1. The molecule has 0 aromatic heterocycles. The Kier molecular flexibility index (Phi) is 4.00. The third kappa shape index (κ3) is 2.13. The zero-order chi connectivity index (χ0) is 10.8. The molecule has 1 aliphatic carbocycles. The van der Waals surface area contributed by atoms with E-state index in [9.17, 15) is 5.11 Å². The van der Waals surface area contributed by atoms with Crippen molar-refractivity contribution in [1.82, 2.24) is 0 Å². The highest BCUT2D eigenvalue weighted by Gasteiger charge is 2.42. The second kappa shape index (κ2) is 4.65. The first-order chi connectivity index (χ1) is 6.52. The van der Waals surface area contributed by atoms with E-state index >= 15 is 0 Å². The first kappa shape index (κ1) is 12.0. The van der Waals surface area contributed by atoms with Crippen molar-refractivity contribution in [3.05, 3.63) is 0 Å². The molecular weight excluding hydrogens is 172 g/mol. The lowest BCUT2D eigenvalue weighted by atomic mass is 9.66. The van der Waals surface area contributed by atoms with Crippen LogP contribution in [-0.2, 0) is 0 Å². The fourth-order valence-electron chi connectivity index (χ4n) is 2.88. The molecule has 1 N–H and O–H groups in total. The predicted octanol–water partition coefficient (Wildman–Crippen LogP) is 3.61. The quantitative estimate of drug-likeness (QED) is 0.734. The molecule has 1 aliphatic rings. The maximum atomic E-state index is 10.7. The lowest BCUT2D eigenvalue weighted by Crippen LogP contribution is -2.47. The van der Waals surface area contributed by atoms with E-state index in [-0.39, 0.29) is 5.60 Å². The Morgan fingerprint density at radius 1 is 1.36 bits per heavy atom. The van der Waals surface area contributed by atoms with E-state index in [1.54, 1.807) is 0 Å². The lowest BCUT2D eigenvalue weighted by molar-refractivity contribution is -0.0988. The zero-order valence-corrected chi connectivity index (χ0v) is 10.2. The van der Waals surface area contributed by atoms with Gasteiger partial charge in [0.05, 0.1) is 5.60 Å². The Morgan fingerprint density at radius 2 is 2.00 bits per heavy atom. The third-order valence-electron chi connectivity index (χ3n) is 4.60. The first-order valence-corrected chi connectivity index (χ1v) is 6.24. The molecule has 0 bridgehead atoms. The molecule has 0 aromatic carbocycles. The van der Waals surface area contributed by atoms with Gasteiger partial charge in [-0.05, 0) is 30.6 Å². The van der Waals surface area contributed by atoms with Gasteiger partial charge in [-0.15, -0.1) is 0 Å². The second-order valence-corrected chi connectivity index (χ2v) is 5.31. The van der Waals surface area contributed by atoms with Crippen molar-refractivity contribution < 1.29 is 5.11 Å². The van der Waals surface area contributed by atoms with Crippen LogP contribution in [-0.4, -0.2) is 10.7 Å². The van der Waals surface area contributed by atoms with Gasteiger partial charge in [0, 0.05) is 0 Å². The molecule has 84 valence electrons. The standard InChI is InChI=1S/C13H26O/c1-5-10(2)12(4)13(14)9-7-6-8-11(13)3/h10-12,14H,5-9H2,1-4H3. The van der Waals surface area contributed by atoms with Crippen LogP contribution in [0.15, 0.2) is 0 Å². The molecule has 0 spiro atoms. The van der Waals surface area contributed by atoms with Crippen LogP contribution in [0.2, 0.25) is 0 Å². The molecule has 1 fully saturated rings. The maximum Gasteiger partial charge on any atom is 0.0701 e. The van der Waals surface area contributed by atoms with E-state index in [1.165, 1.54) is 25.7 Å². The Hall–Kier alpha value is -0.0400. The predicted molar refractivity (Wildman–Crippen MR) is 61.2 cm³/mol. The monoisotopic (exact) mass is 198 g/mol. The first-order valence-electron chi connectivity index (χ1n) is 6.24. The summed E-state index contributed by atoms with van der Waals surface area (Å²) in [6.45, 7) is 8.94. The molecule has 1 nitrogen and oxygen atoms in total. The van der Waals surface area contributed by atoms with Gasteiger partial charge in [-0.25, -0.2) is 0 Å². The van der Waals surface area contributed by atoms with E-state index in [1.807, 2.05) is 0 Å². The van der Waals surface area contributed by atoms with Gasteiger partial charge in [0.1, 0.15) is 0 Å². The SMILES string of the molecule is CCC(C)C(C)C1(O)CCCCC1C. The summed E-state index contributed by atoms with van der Waals surface area (Å²) in [6, 6.07) is 0. The minimum Gasteiger partial charge on any atom is -0.389 e. The van der Waals surface area contributed by atoms with Crippen LogP contribution in [0.5, 0.6) is 0 Å². The summed E-state index contributed by atoms with van der Waals surface area (Å²) in [5.74, 6) is 1.57. The number of hydrogen-bond acceptors (Lipinski definition) is 1. The fourth-order valence-corrected chi connectivity index (χ4v) is 2.88. The molecular formula is C13H26O. The van der Waals surface area contributed by atoms with Crippen LogP contribution in [0.1, 0.15) is 59.8 Å². The van der Waals surface area contributed by atoms with Crippen LogP contribution >= 0.6 is 0 Å². The molecule has 0 aromatic rings. The molecule has 0 saturated heterocycles. The zero-order valence-electron chi connectivity index (χ0n) is 10.2. The molecule has 4 unspecified atom stereocenters. The third-order valence-corrected chi connectivity index (χ3v) is 4.60. The van der Waals surface area contributed by atoms with E-state index in [4.69, 9.17) is 0 Å². The van der Waals surface area contributed by atoms with Crippen molar-refractivity contribution in [2.45, 2.75) is 65.4 Å². The maximum absolute atomic E-state index is 10.7. The summed E-state index contributed by atoms with van der Waals surface area (Å²) in [6.07, 6.45) is 5.91. The minimum atomic E-state index is -0.381. The smallest absolute Gasteiger partial charge is 0.0701 e. The van der Waals surface area contributed by atoms with Gasteiger partial charge in [0.2, 0.25) is 0 Å². The molecule has 1 rings (SSSR count). The Morgan fingerprint density at radius 3 is 2.50 bits per heavy atom. The van der Waals surface area contributed by atoms with E-state index < -0.39 is 0 Å².